The van der Waals surface area contributed by atoms with E-state index in [1.54, 1.807) is 0 Å². The number of para-hydroxylation sites is 5. The third kappa shape index (κ3) is 2.88. The van der Waals surface area contributed by atoms with Crippen molar-refractivity contribution in [2.75, 3.05) is 0 Å². The van der Waals surface area contributed by atoms with Crippen LogP contribution in [0.1, 0.15) is 0 Å². The summed E-state index contributed by atoms with van der Waals surface area (Å²) >= 11 is 0. The van der Waals surface area contributed by atoms with Crippen LogP contribution in [-0.2, 0) is 7.05 Å². The number of fused-ring (bicyclic) bond motifs is 12. The van der Waals surface area contributed by atoms with E-state index in [0.717, 1.165) is 44.7 Å². The third-order valence-electron chi connectivity index (χ3n) is 9.17. The van der Waals surface area contributed by atoms with E-state index >= 15 is 0 Å². The molecule has 0 aliphatic heterocycles. The number of imidazole rings is 2. The van der Waals surface area contributed by atoms with Crippen molar-refractivity contribution in [3.05, 3.63) is 133 Å². The zero-order valence-corrected chi connectivity index (χ0v) is 23.4. The molecule has 4 aromatic heterocycles. The molecule has 0 amide bonds. The van der Waals surface area contributed by atoms with Crippen LogP contribution < -0.4 is 0 Å². The summed E-state index contributed by atoms with van der Waals surface area (Å²) in [6, 6.07) is 47.8. The van der Waals surface area contributed by atoms with Crippen LogP contribution in [0.15, 0.2) is 133 Å². The minimum Gasteiger partial charge on any atom is -0.344 e. The summed E-state index contributed by atoms with van der Waals surface area (Å²) in [5.74, 6) is 0.910. The molecule has 0 saturated heterocycles. The van der Waals surface area contributed by atoms with Crippen LogP contribution in [-0.4, -0.2) is 23.1 Å². The topological polar surface area (TPSA) is 32.1 Å². The molecule has 0 bridgehead atoms. The molecular formula is C38H25N5. The van der Waals surface area contributed by atoms with Crippen LogP contribution in [0.3, 0.4) is 0 Å². The van der Waals surface area contributed by atoms with Gasteiger partial charge in [-0.05, 0) is 66.7 Å². The minimum absolute atomic E-state index is 0.910. The molecule has 0 N–H and O–H groups in total. The number of hydrogen-bond donors (Lipinski definition) is 0. The molecule has 0 unspecified atom stereocenters. The first kappa shape index (κ1) is 22.8. The van der Waals surface area contributed by atoms with Gasteiger partial charge in [0.15, 0.2) is 0 Å². The molecular weight excluding hydrogens is 526 g/mol. The van der Waals surface area contributed by atoms with Gasteiger partial charge in [0, 0.05) is 51.0 Å². The Bertz CT molecular complexity index is 2730. The molecule has 0 atom stereocenters. The molecule has 5 heteroatoms. The van der Waals surface area contributed by atoms with E-state index in [-0.39, 0.29) is 0 Å². The molecule has 10 rings (SSSR count). The van der Waals surface area contributed by atoms with E-state index in [0.29, 0.717) is 0 Å². The Kier molecular flexibility index (Phi) is 4.32. The highest BCUT2D eigenvalue weighted by molar-refractivity contribution is 6.18. The number of hydrogen-bond acceptors (Lipinski definition) is 1. The summed E-state index contributed by atoms with van der Waals surface area (Å²) in [5, 5.41) is 4.95. The van der Waals surface area contributed by atoms with Gasteiger partial charge >= 0.3 is 0 Å². The normalized spacial score (nSPS) is 12.3. The Balaban J connectivity index is 1.37. The molecule has 0 spiro atoms. The summed E-state index contributed by atoms with van der Waals surface area (Å²) in [5.41, 5.74) is 11.4. The lowest BCUT2D eigenvalue weighted by molar-refractivity contribution is 1.01. The van der Waals surface area contributed by atoms with Crippen molar-refractivity contribution in [2.24, 2.45) is 7.05 Å². The summed E-state index contributed by atoms with van der Waals surface area (Å²) in [7, 11) is 2.14. The Hall–Kier alpha value is -5.81. The zero-order chi connectivity index (χ0) is 28.2. The molecule has 6 aromatic carbocycles. The maximum absolute atomic E-state index is 5.49. The van der Waals surface area contributed by atoms with Crippen LogP contribution in [0, 0.1) is 0 Å². The van der Waals surface area contributed by atoms with E-state index in [4.69, 9.17) is 4.98 Å². The second kappa shape index (κ2) is 8.14. The average Bonchev–Trinajstić information content (AvgIpc) is 3.78. The number of benzene rings is 6. The van der Waals surface area contributed by atoms with Crippen LogP contribution >= 0.6 is 0 Å². The molecule has 0 aliphatic rings. The van der Waals surface area contributed by atoms with Gasteiger partial charge < -0.3 is 9.13 Å². The highest BCUT2D eigenvalue weighted by Gasteiger charge is 2.22. The van der Waals surface area contributed by atoms with Crippen LogP contribution in [0.2, 0.25) is 0 Å². The second-order valence-electron chi connectivity index (χ2n) is 11.4. The Morgan fingerprint density at radius 1 is 0.442 bits per heavy atom. The quantitative estimate of drug-likeness (QED) is 0.211. The van der Waals surface area contributed by atoms with E-state index in [1.165, 1.54) is 38.1 Å². The van der Waals surface area contributed by atoms with E-state index < -0.39 is 0 Å². The van der Waals surface area contributed by atoms with Gasteiger partial charge in [-0.1, -0.05) is 66.7 Å². The average molecular weight is 552 g/mol. The van der Waals surface area contributed by atoms with Crippen molar-refractivity contribution in [3.8, 4) is 11.4 Å². The monoisotopic (exact) mass is 551 g/mol. The van der Waals surface area contributed by atoms with Crippen LogP contribution in [0.4, 0.5) is 0 Å². The fraction of sp³-hybridized carbons (Fsp3) is 0.0263. The van der Waals surface area contributed by atoms with Gasteiger partial charge in [0.05, 0.1) is 27.6 Å². The van der Waals surface area contributed by atoms with Crippen LogP contribution in [0.5, 0.6) is 0 Å². The second-order valence-corrected chi connectivity index (χ2v) is 11.4. The van der Waals surface area contributed by atoms with Crippen molar-refractivity contribution < 1.29 is 0 Å². The van der Waals surface area contributed by atoms with Crippen molar-refractivity contribution in [1.29, 1.82) is 0 Å². The van der Waals surface area contributed by atoms with Gasteiger partial charge in [0.2, 0.25) is 5.78 Å². The molecule has 43 heavy (non-hydrogen) atoms. The smallest absolute Gasteiger partial charge is 0.220 e. The summed E-state index contributed by atoms with van der Waals surface area (Å²) in [6.07, 6.45) is 0. The predicted molar refractivity (Wildman–Crippen MR) is 178 cm³/mol. The molecule has 0 radical (unpaired) electrons. The van der Waals surface area contributed by atoms with Crippen molar-refractivity contribution >= 4 is 71.5 Å². The third-order valence-corrected chi connectivity index (χ3v) is 9.17. The number of aryl methyl sites for hydroxylation is 1. The fourth-order valence-electron chi connectivity index (χ4n) is 7.31. The Morgan fingerprint density at radius 3 is 1.88 bits per heavy atom. The minimum atomic E-state index is 0.910. The van der Waals surface area contributed by atoms with E-state index in [1.807, 2.05) is 0 Å². The van der Waals surface area contributed by atoms with Gasteiger partial charge in [-0.25, -0.2) is 4.98 Å². The predicted octanol–water partition coefficient (Wildman–Crippen LogP) is 9.17. The lowest BCUT2D eigenvalue weighted by Gasteiger charge is -2.08. The maximum Gasteiger partial charge on any atom is 0.220 e. The number of aromatic nitrogens is 5. The molecule has 0 fully saturated rings. The zero-order valence-electron chi connectivity index (χ0n) is 23.4. The molecule has 4 heterocycles. The fourth-order valence-corrected chi connectivity index (χ4v) is 7.31. The summed E-state index contributed by atoms with van der Waals surface area (Å²) in [6.45, 7) is 0. The van der Waals surface area contributed by atoms with Gasteiger partial charge in [-0.2, -0.15) is 0 Å². The van der Waals surface area contributed by atoms with Gasteiger partial charge in [0.25, 0.3) is 0 Å². The molecule has 0 aliphatic carbocycles. The standard InChI is InChI=1S/C38H25N5/c1-40-30-15-7-5-14-27(30)29-23-25(19-21-31(29)40)42-33-17-9-10-18-34(33)43-35-22-20-28-26-13-6-8-16-32(26)41(24-11-3-2-4-12-24)37(28)36(35)39-38(42)43/h2-23H,1H3. The van der Waals surface area contributed by atoms with Gasteiger partial charge in [-0.3, -0.25) is 8.97 Å². The summed E-state index contributed by atoms with van der Waals surface area (Å²) in [4.78, 5) is 5.49. The van der Waals surface area contributed by atoms with E-state index in [2.05, 4.69) is 159 Å². The van der Waals surface area contributed by atoms with Crippen molar-refractivity contribution in [2.45, 2.75) is 0 Å². The van der Waals surface area contributed by atoms with Crippen LogP contribution in [0.25, 0.3) is 82.8 Å². The van der Waals surface area contributed by atoms with Gasteiger partial charge in [-0.15, -0.1) is 0 Å². The first-order valence-electron chi connectivity index (χ1n) is 14.6. The Morgan fingerprint density at radius 2 is 1.07 bits per heavy atom. The lowest BCUT2D eigenvalue weighted by Crippen LogP contribution is -1.96. The van der Waals surface area contributed by atoms with Crippen molar-refractivity contribution in [1.82, 2.24) is 23.1 Å². The highest BCUT2D eigenvalue weighted by Crippen LogP contribution is 2.39. The van der Waals surface area contributed by atoms with Crippen molar-refractivity contribution in [3.63, 3.8) is 0 Å². The first-order chi connectivity index (χ1) is 21.3. The maximum atomic E-state index is 5.49. The largest absolute Gasteiger partial charge is 0.344 e. The highest BCUT2D eigenvalue weighted by atomic mass is 15.2. The summed E-state index contributed by atoms with van der Waals surface area (Å²) < 4.78 is 9.29. The molecule has 10 aromatic rings. The Labute approximate surface area is 246 Å². The van der Waals surface area contributed by atoms with E-state index in [9.17, 15) is 0 Å². The number of nitrogens with zero attached hydrogens (tertiary/aromatic N) is 5. The molecule has 5 nitrogen and oxygen atoms in total. The van der Waals surface area contributed by atoms with Gasteiger partial charge in [0.1, 0.15) is 5.52 Å². The number of rotatable bonds is 2. The molecule has 0 saturated carbocycles. The first-order valence-corrected chi connectivity index (χ1v) is 14.6. The molecule has 202 valence electrons. The SMILES string of the molecule is Cn1c2ccccc2c2cc(-n3c4ccccc4n4c5ccc6c7ccccc7n(-c7ccccc7)c6c5nc34)ccc21. The lowest BCUT2D eigenvalue weighted by atomic mass is 10.1.